The van der Waals surface area contributed by atoms with E-state index in [2.05, 4.69) is 50.6 Å². The lowest BCUT2D eigenvalue weighted by Gasteiger charge is -2.68. The van der Waals surface area contributed by atoms with Gasteiger partial charge in [0, 0.05) is 37.7 Å². The summed E-state index contributed by atoms with van der Waals surface area (Å²) in [5.41, 5.74) is 2.63. The van der Waals surface area contributed by atoms with Gasteiger partial charge in [-0.1, -0.05) is 52.3 Å². The van der Waals surface area contributed by atoms with Gasteiger partial charge in [0.2, 0.25) is 5.91 Å². The molecule has 0 bridgehead atoms. The highest BCUT2D eigenvalue weighted by atomic mass is 32.2. The van der Waals surface area contributed by atoms with Crippen molar-refractivity contribution in [2.45, 2.75) is 98.8 Å². The summed E-state index contributed by atoms with van der Waals surface area (Å²) >= 11 is 2.04. The zero-order chi connectivity index (χ0) is 34.3. The van der Waals surface area contributed by atoms with Crippen molar-refractivity contribution in [3.05, 3.63) is 53.9 Å². The van der Waals surface area contributed by atoms with Gasteiger partial charge in [0.1, 0.15) is 5.82 Å². The highest BCUT2D eigenvalue weighted by Crippen LogP contribution is 2.73. The van der Waals surface area contributed by atoms with Crippen LogP contribution in [0.1, 0.15) is 115 Å². The number of allylic oxidation sites excluding steroid dienone is 3. The first-order valence-electron chi connectivity index (χ1n) is 19.1. The number of fused-ring (bicyclic) bond motifs is 7. The van der Waals surface area contributed by atoms with Crippen molar-refractivity contribution in [3.63, 3.8) is 0 Å². The Bertz CT molecular complexity index is 1400. The molecule has 0 spiro atoms. The number of halogens is 1. The van der Waals surface area contributed by atoms with Gasteiger partial charge in [-0.2, -0.15) is 11.8 Å². The molecule has 4 saturated carbocycles. The third-order valence-electron chi connectivity index (χ3n) is 14.8. The number of hydrogen-bond donors (Lipinski definition) is 1. The minimum Gasteiger partial charge on any atom is -0.354 e. The second-order valence-corrected chi connectivity index (χ2v) is 18.4. The highest BCUT2D eigenvalue weighted by Gasteiger charge is 2.66. The smallest absolute Gasteiger partial charge is 0.226 e. The highest BCUT2D eigenvalue weighted by molar-refractivity contribution is 7.99. The molecule has 48 heavy (non-hydrogen) atoms. The molecule has 4 nitrogen and oxygen atoms in total. The number of rotatable bonds is 6. The largest absolute Gasteiger partial charge is 0.354 e. The van der Waals surface area contributed by atoms with Crippen LogP contribution in [0.15, 0.2) is 36.9 Å². The van der Waals surface area contributed by atoms with Crippen molar-refractivity contribution in [1.29, 1.82) is 0 Å². The van der Waals surface area contributed by atoms with E-state index in [0.717, 1.165) is 51.0 Å². The first-order chi connectivity index (χ1) is 23.0. The Morgan fingerprint density at radius 3 is 2.46 bits per heavy atom. The number of amides is 1. The molecule has 0 aromatic heterocycles. The number of nitrogens with zero attached hydrogens (tertiary/aromatic N) is 1. The first kappa shape index (κ1) is 35.9. The van der Waals surface area contributed by atoms with Crippen LogP contribution in [-0.2, 0) is 4.79 Å². The predicted molar refractivity (Wildman–Crippen MR) is 198 cm³/mol. The van der Waals surface area contributed by atoms with E-state index >= 15 is 0 Å². The lowest BCUT2D eigenvalue weighted by Crippen LogP contribution is -2.62. The Labute approximate surface area is 294 Å². The molecule has 1 aliphatic heterocycles. The summed E-state index contributed by atoms with van der Waals surface area (Å²) in [7, 11) is 0. The van der Waals surface area contributed by atoms with Crippen LogP contribution < -0.4 is 5.32 Å². The molecule has 8 atom stereocenters. The number of benzene rings is 1. The maximum atomic E-state index is 14.7. The fourth-order valence-corrected chi connectivity index (χ4v) is 13.8. The molecule has 5 fully saturated rings. The Balaban J connectivity index is 0.00000129. The molecule has 264 valence electrons. The molecular weight excluding hydrogens is 616 g/mol. The fourth-order valence-electron chi connectivity index (χ4n) is 12.8. The average molecular weight is 677 g/mol. The van der Waals surface area contributed by atoms with Gasteiger partial charge < -0.3 is 5.32 Å². The van der Waals surface area contributed by atoms with Crippen LogP contribution >= 0.6 is 11.8 Å². The number of carbonyl (C=O) groups is 2. The van der Waals surface area contributed by atoms with Crippen LogP contribution in [-0.4, -0.2) is 54.8 Å². The number of nitrogens with one attached hydrogen (secondary N) is 1. The lowest BCUT2D eigenvalue weighted by molar-refractivity contribution is -0.181. The van der Waals surface area contributed by atoms with Gasteiger partial charge in [-0.05, 0) is 134 Å². The van der Waals surface area contributed by atoms with E-state index < -0.39 is 5.82 Å². The lowest BCUT2D eigenvalue weighted by atomic mass is 9.36. The topological polar surface area (TPSA) is 49.4 Å². The normalized spacial score (nSPS) is 38.5. The van der Waals surface area contributed by atoms with Crippen LogP contribution in [0.4, 0.5) is 4.39 Å². The number of carbonyl (C=O) groups excluding carboxylic acids is 2. The summed E-state index contributed by atoms with van der Waals surface area (Å²) in [6.07, 6.45) is 16.6. The van der Waals surface area contributed by atoms with E-state index in [9.17, 15) is 14.0 Å². The summed E-state index contributed by atoms with van der Waals surface area (Å²) in [5, 5.41) is 3.47. The van der Waals surface area contributed by atoms with E-state index in [1.165, 1.54) is 62.0 Å². The molecule has 1 heterocycles. The molecule has 1 N–H and O–H groups in total. The third kappa shape index (κ3) is 5.97. The summed E-state index contributed by atoms with van der Waals surface area (Å²) in [6.45, 7) is 19.3. The van der Waals surface area contributed by atoms with Crippen molar-refractivity contribution in [2.75, 3.05) is 37.7 Å². The molecule has 6 aliphatic rings. The van der Waals surface area contributed by atoms with Gasteiger partial charge >= 0.3 is 0 Å². The maximum absolute atomic E-state index is 14.7. The first-order valence-corrected chi connectivity index (χ1v) is 20.2. The molecule has 0 radical (unpaired) electrons. The van der Waals surface area contributed by atoms with E-state index in [1.807, 2.05) is 24.8 Å². The van der Waals surface area contributed by atoms with Gasteiger partial charge in [-0.25, -0.2) is 4.39 Å². The number of aldehydes is 1. The van der Waals surface area contributed by atoms with Crippen molar-refractivity contribution < 1.29 is 14.0 Å². The van der Waals surface area contributed by atoms with Crippen LogP contribution in [0.2, 0.25) is 0 Å². The number of hydrogen-bond acceptors (Lipinski definition) is 4. The summed E-state index contributed by atoms with van der Waals surface area (Å²) in [6, 6.07) is 5.17. The van der Waals surface area contributed by atoms with Gasteiger partial charge in [-0.3, -0.25) is 14.5 Å². The van der Waals surface area contributed by atoms with Crippen molar-refractivity contribution in [3.8, 4) is 0 Å². The Morgan fingerprint density at radius 1 is 1.00 bits per heavy atom. The molecule has 6 heteroatoms. The second kappa shape index (κ2) is 14.0. The van der Waals surface area contributed by atoms with E-state index in [0.29, 0.717) is 47.2 Å². The summed E-state index contributed by atoms with van der Waals surface area (Å²) < 4.78 is 14.7. The fraction of sp³-hybridized carbons (Fsp3) is 0.714. The molecule has 1 aromatic rings. The van der Waals surface area contributed by atoms with Gasteiger partial charge in [0.15, 0.2) is 6.29 Å². The second-order valence-electron chi connectivity index (χ2n) is 17.2. The van der Waals surface area contributed by atoms with Gasteiger partial charge in [0.05, 0.1) is 11.0 Å². The minimum absolute atomic E-state index is 0.0708. The number of thioether (sulfide) groups is 1. The van der Waals surface area contributed by atoms with E-state index in [-0.39, 0.29) is 21.8 Å². The quantitative estimate of drug-likeness (QED) is 0.241. The Kier molecular flexibility index (Phi) is 10.5. The molecule has 5 aliphatic carbocycles. The molecule has 1 saturated heterocycles. The zero-order valence-corrected chi connectivity index (χ0v) is 31.2. The Hall–Kier alpha value is -1.92. The molecule has 1 aromatic carbocycles. The molecule has 8 unspecified atom stereocenters. The predicted octanol–water partition coefficient (Wildman–Crippen LogP) is 9.45. The van der Waals surface area contributed by atoms with Gasteiger partial charge in [0.25, 0.3) is 0 Å². The molecule has 7 rings (SSSR count). The van der Waals surface area contributed by atoms with Crippen LogP contribution in [0.5, 0.6) is 0 Å². The van der Waals surface area contributed by atoms with Gasteiger partial charge in [-0.15, -0.1) is 6.58 Å². The third-order valence-corrected chi connectivity index (χ3v) is 15.7. The maximum Gasteiger partial charge on any atom is 0.226 e. The summed E-state index contributed by atoms with van der Waals surface area (Å²) in [4.78, 5) is 27.8. The summed E-state index contributed by atoms with van der Waals surface area (Å²) in [5.74, 6) is 5.52. The van der Waals surface area contributed by atoms with Crippen molar-refractivity contribution >= 4 is 29.5 Å². The minimum atomic E-state index is -0.419. The SMILES string of the molecule is C=CC.CC1(C)C(c2ccc(C=O)c(F)c2)=CCC2(C)C1CCC1(C)C3CCC4(C(=O)NCCN5CCSCC5)CCCC4C3CCC12. The zero-order valence-electron chi connectivity index (χ0n) is 30.4. The standard InChI is InChI=1S/C39H55FN2O2S.C3H6/c1-36(2)29(26-7-8-27(25-43)32(40)24-26)11-15-38(4)33(36)13-16-37(3)30-12-17-39(14-5-6-31(39)28(30)9-10-34(37)38)35(44)41-18-19-42-20-22-45-23-21-42;1-3-2/h7-8,11,24-25,28,30-31,33-34H,5-6,9-10,12-23H2,1-4H3,(H,41,44);3H,1H2,2H3. The van der Waals surface area contributed by atoms with Crippen molar-refractivity contribution in [2.24, 2.45) is 51.2 Å². The van der Waals surface area contributed by atoms with E-state index in [4.69, 9.17) is 0 Å². The molecule has 1 amide bonds. The van der Waals surface area contributed by atoms with Crippen LogP contribution in [0, 0.1) is 57.1 Å². The molecular formula is C42H61FN2O2S. The van der Waals surface area contributed by atoms with E-state index in [1.54, 1.807) is 18.2 Å². The average Bonchev–Trinajstić information content (AvgIpc) is 3.51. The van der Waals surface area contributed by atoms with Crippen LogP contribution in [0.25, 0.3) is 5.57 Å². The van der Waals surface area contributed by atoms with Crippen LogP contribution in [0.3, 0.4) is 0 Å². The monoisotopic (exact) mass is 676 g/mol. The Morgan fingerprint density at radius 2 is 1.75 bits per heavy atom. The van der Waals surface area contributed by atoms with Crippen molar-refractivity contribution in [1.82, 2.24) is 10.2 Å².